The molecule has 2 fully saturated rings. The van der Waals surface area contributed by atoms with Crippen molar-refractivity contribution < 1.29 is 0 Å². The van der Waals surface area contributed by atoms with E-state index in [1.54, 1.807) is 0 Å². The van der Waals surface area contributed by atoms with Crippen molar-refractivity contribution in [3.05, 3.63) is 35.4 Å². The van der Waals surface area contributed by atoms with Gasteiger partial charge in [-0.3, -0.25) is 4.99 Å². The molecule has 1 saturated heterocycles. The van der Waals surface area contributed by atoms with E-state index in [0.29, 0.717) is 16.9 Å². The Labute approximate surface area is 143 Å². The van der Waals surface area contributed by atoms with E-state index in [2.05, 4.69) is 32.2 Å². The predicted octanol–water partition coefficient (Wildman–Crippen LogP) is 4.48. The van der Waals surface area contributed by atoms with E-state index in [1.165, 1.54) is 25.7 Å². The third-order valence-electron chi connectivity index (χ3n) is 5.42. The Bertz CT molecular complexity index is 632. The fraction of sp³-hybridized carbons (Fsp3) is 0.579. The minimum atomic E-state index is 0.0985. The molecule has 0 radical (unpaired) electrons. The van der Waals surface area contributed by atoms with Crippen LogP contribution in [0, 0.1) is 17.2 Å². The van der Waals surface area contributed by atoms with E-state index < -0.39 is 0 Å². The first-order chi connectivity index (χ1) is 10.9. The Balaban J connectivity index is 1.70. The molecule has 2 aliphatic rings. The second-order valence-corrected chi connectivity index (χ2v) is 8.83. The molecule has 3 nitrogen and oxygen atoms in total. The summed E-state index contributed by atoms with van der Waals surface area (Å²) in [5.41, 5.74) is 1.95. The average Bonchev–Trinajstić information content (AvgIpc) is 2.79. The first-order valence-corrected chi connectivity index (χ1v) is 9.26. The number of benzene rings is 1. The summed E-state index contributed by atoms with van der Waals surface area (Å²) in [7, 11) is 0. The van der Waals surface area contributed by atoms with Crippen LogP contribution in [0.4, 0.5) is 0 Å². The number of hydrogen-bond donors (Lipinski definition) is 1. The van der Waals surface area contributed by atoms with Crippen molar-refractivity contribution in [2.45, 2.75) is 63.3 Å². The minimum Gasteiger partial charge on any atom is -0.359 e. The quantitative estimate of drug-likeness (QED) is 0.871. The number of rotatable bonds is 2. The normalized spacial score (nSPS) is 31.0. The molecule has 1 aliphatic carbocycles. The highest BCUT2D eigenvalue weighted by Gasteiger charge is 2.53. The van der Waals surface area contributed by atoms with Crippen molar-refractivity contribution in [2.24, 2.45) is 10.9 Å². The molecule has 0 atom stereocenters. The summed E-state index contributed by atoms with van der Waals surface area (Å²) in [6, 6.07) is 9.85. The van der Waals surface area contributed by atoms with Crippen LogP contribution in [0.15, 0.2) is 29.3 Å². The molecule has 1 aromatic rings. The van der Waals surface area contributed by atoms with Gasteiger partial charge in [-0.15, -0.1) is 0 Å². The van der Waals surface area contributed by atoms with Crippen LogP contribution in [-0.2, 0) is 6.54 Å². The summed E-state index contributed by atoms with van der Waals surface area (Å²) in [5, 5.41) is 13.6. The summed E-state index contributed by atoms with van der Waals surface area (Å²) < 4.78 is 0.295. The Morgan fingerprint density at radius 2 is 1.91 bits per heavy atom. The first kappa shape index (κ1) is 16.4. The lowest BCUT2D eigenvalue weighted by Crippen LogP contribution is -2.52. The molecular formula is C19H25N3S. The third kappa shape index (κ3) is 3.26. The van der Waals surface area contributed by atoms with Gasteiger partial charge in [-0.25, -0.2) is 0 Å². The molecule has 1 spiro atoms. The van der Waals surface area contributed by atoms with Gasteiger partial charge in [0, 0.05) is 10.3 Å². The topological polar surface area (TPSA) is 48.2 Å². The number of hydrogen-bond acceptors (Lipinski definition) is 3. The average molecular weight is 327 g/mol. The lowest BCUT2D eigenvalue weighted by atomic mass is 9.73. The van der Waals surface area contributed by atoms with E-state index in [1.807, 2.05) is 36.0 Å². The van der Waals surface area contributed by atoms with Gasteiger partial charge in [0.2, 0.25) is 0 Å². The summed E-state index contributed by atoms with van der Waals surface area (Å²) >= 11 is 1.96. The van der Waals surface area contributed by atoms with E-state index in [0.717, 1.165) is 16.6 Å². The van der Waals surface area contributed by atoms with Crippen LogP contribution in [-0.4, -0.2) is 15.5 Å². The Kier molecular flexibility index (Phi) is 4.42. The maximum Gasteiger partial charge on any atom is 0.157 e. The Hall–Kier alpha value is -1.47. The summed E-state index contributed by atoms with van der Waals surface area (Å²) in [6.07, 6.45) is 5.19. The molecule has 1 aromatic carbocycles. The molecule has 4 heteroatoms. The third-order valence-corrected chi connectivity index (χ3v) is 7.15. The van der Waals surface area contributed by atoms with E-state index >= 15 is 0 Å². The molecule has 1 N–H and O–H groups in total. The molecule has 0 aromatic heterocycles. The highest BCUT2D eigenvalue weighted by Crippen LogP contribution is 2.52. The van der Waals surface area contributed by atoms with Crippen LogP contribution < -0.4 is 5.32 Å². The van der Waals surface area contributed by atoms with Gasteiger partial charge in [0.25, 0.3) is 0 Å². The standard InChI is InChI=1S/C19H25N3S/c1-14-8-10-19(11-9-14)18(2,3)22-17(23-19)21-13-16-6-4-15(12-20)5-7-16/h4-7,14H,8-11,13H2,1-3H3,(H,21,22). The van der Waals surface area contributed by atoms with Gasteiger partial charge in [0.15, 0.2) is 5.17 Å². The van der Waals surface area contributed by atoms with Crippen LogP contribution in [0.3, 0.4) is 0 Å². The molecule has 1 saturated carbocycles. The number of amidine groups is 1. The Morgan fingerprint density at radius 1 is 1.26 bits per heavy atom. The van der Waals surface area contributed by atoms with Gasteiger partial charge in [-0.2, -0.15) is 5.26 Å². The maximum atomic E-state index is 8.86. The lowest BCUT2D eigenvalue weighted by molar-refractivity contribution is 0.231. The summed E-state index contributed by atoms with van der Waals surface area (Å²) in [6.45, 7) is 7.68. The number of thioether (sulfide) groups is 1. The highest BCUT2D eigenvalue weighted by atomic mass is 32.2. The molecule has 0 amide bonds. The fourth-order valence-electron chi connectivity index (χ4n) is 3.59. The molecule has 3 rings (SSSR count). The molecule has 23 heavy (non-hydrogen) atoms. The monoisotopic (exact) mass is 327 g/mol. The SMILES string of the molecule is CC1CCC2(CC1)SC(=NCc1ccc(C#N)cc1)NC2(C)C. The first-order valence-electron chi connectivity index (χ1n) is 8.45. The van der Waals surface area contributed by atoms with Crippen molar-refractivity contribution in [3.63, 3.8) is 0 Å². The fourth-order valence-corrected chi connectivity index (χ4v) is 5.15. The molecule has 0 unspecified atom stereocenters. The highest BCUT2D eigenvalue weighted by molar-refractivity contribution is 8.15. The number of nitrogens with one attached hydrogen (secondary N) is 1. The predicted molar refractivity (Wildman–Crippen MR) is 97.5 cm³/mol. The van der Waals surface area contributed by atoms with Gasteiger partial charge in [-0.1, -0.05) is 30.8 Å². The van der Waals surface area contributed by atoms with Crippen LogP contribution in [0.5, 0.6) is 0 Å². The van der Waals surface area contributed by atoms with E-state index in [-0.39, 0.29) is 5.54 Å². The van der Waals surface area contributed by atoms with Gasteiger partial charge in [0.1, 0.15) is 0 Å². The van der Waals surface area contributed by atoms with Crippen LogP contribution in [0.2, 0.25) is 0 Å². The zero-order valence-corrected chi connectivity index (χ0v) is 15.0. The van der Waals surface area contributed by atoms with Gasteiger partial charge < -0.3 is 5.32 Å². The van der Waals surface area contributed by atoms with Gasteiger partial charge >= 0.3 is 0 Å². The van der Waals surface area contributed by atoms with Crippen molar-refractivity contribution in [2.75, 3.05) is 0 Å². The minimum absolute atomic E-state index is 0.0985. The summed E-state index contributed by atoms with van der Waals surface area (Å²) in [4.78, 5) is 4.80. The van der Waals surface area contributed by atoms with E-state index in [9.17, 15) is 0 Å². The summed E-state index contributed by atoms with van der Waals surface area (Å²) in [5.74, 6) is 0.858. The molecular weight excluding hydrogens is 302 g/mol. The Morgan fingerprint density at radius 3 is 2.52 bits per heavy atom. The molecule has 122 valence electrons. The lowest BCUT2D eigenvalue weighted by Gasteiger charge is -2.43. The molecule has 1 heterocycles. The molecule has 1 aliphatic heterocycles. The van der Waals surface area contributed by atoms with Crippen molar-refractivity contribution in [1.29, 1.82) is 5.26 Å². The van der Waals surface area contributed by atoms with E-state index in [4.69, 9.17) is 10.3 Å². The van der Waals surface area contributed by atoms with Crippen molar-refractivity contribution in [1.82, 2.24) is 5.32 Å². The van der Waals surface area contributed by atoms with Gasteiger partial charge in [0.05, 0.1) is 18.2 Å². The zero-order valence-electron chi connectivity index (χ0n) is 14.2. The second kappa shape index (κ2) is 6.20. The number of nitriles is 1. The maximum absolute atomic E-state index is 8.86. The zero-order chi connectivity index (χ0) is 16.5. The van der Waals surface area contributed by atoms with Crippen LogP contribution in [0.25, 0.3) is 0 Å². The van der Waals surface area contributed by atoms with Crippen molar-refractivity contribution in [3.8, 4) is 6.07 Å². The van der Waals surface area contributed by atoms with Gasteiger partial charge in [-0.05, 0) is 63.1 Å². The second-order valence-electron chi connectivity index (χ2n) is 7.46. The number of aliphatic imine (C=N–C) groups is 1. The number of nitrogens with zero attached hydrogens (tertiary/aromatic N) is 2. The largest absolute Gasteiger partial charge is 0.359 e. The van der Waals surface area contributed by atoms with Crippen molar-refractivity contribution >= 4 is 16.9 Å². The molecule has 0 bridgehead atoms. The smallest absolute Gasteiger partial charge is 0.157 e. The van der Waals surface area contributed by atoms with Crippen LogP contribution in [0.1, 0.15) is 57.6 Å². The van der Waals surface area contributed by atoms with Crippen LogP contribution >= 0.6 is 11.8 Å².